The van der Waals surface area contributed by atoms with E-state index in [-0.39, 0.29) is 23.0 Å². The van der Waals surface area contributed by atoms with Crippen molar-refractivity contribution in [2.45, 2.75) is 24.7 Å². The number of carbonyl (C=O) groups is 4. The third-order valence-electron chi connectivity index (χ3n) is 6.56. The van der Waals surface area contributed by atoms with Crippen LogP contribution in [0.25, 0.3) is 6.08 Å². The number of nitrogens with zero attached hydrogens (tertiary/aromatic N) is 1. The van der Waals surface area contributed by atoms with E-state index in [1.807, 2.05) is 6.92 Å². The van der Waals surface area contributed by atoms with Gasteiger partial charge in [-0.2, -0.15) is 0 Å². The van der Waals surface area contributed by atoms with E-state index in [9.17, 15) is 29.3 Å². The highest BCUT2D eigenvalue weighted by atomic mass is 32.2. The van der Waals surface area contributed by atoms with Crippen molar-refractivity contribution >= 4 is 58.6 Å². The van der Waals surface area contributed by atoms with Gasteiger partial charge in [-0.05, 0) is 90.9 Å². The van der Waals surface area contributed by atoms with Gasteiger partial charge in [-0.3, -0.25) is 24.5 Å². The number of carbonyl (C=O) groups excluding carboxylic acids is 4. The van der Waals surface area contributed by atoms with Crippen LogP contribution in [0.5, 0.6) is 0 Å². The lowest BCUT2D eigenvalue weighted by atomic mass is 10.1. The summed E-state index contributed by atoms with van der Waals surface area (Å²) in [6.07, 6.45) is 3.16. The minimum absolute atomic E-state index is 0.0655. The van der Waals surface area contributed by atoms with Crippen LogP contribution in [-0.2, 0) is 14.3 Å². The van der Waals surface area contributed by atoms with Crippen LogP contribution in [0, 0.1) is 10.1 Å². The molecule has 4 aromatic rings. The second-order valence-electron chi connectivity index (χ2n) is 10.1. The van der Waals surface area contributed by atoms with Crippen molar-refractivity contribution in [2.75, 3.05) is 23.0 Å². The topological polar surface area (TPSA) is 157 Å². The quantitative estimate of drug-likeness (QED) is 0.0340. The minimum atomic E-state index is -0.604. The highest BCUT2D eigenvalue weighted by molar-refractivity contribution is 8.00. The summed E-state index contributed by atoms with van der Waals surface area (Å²) in [5, 5.41) is 19.2. The van der Waals surface area contributed by atoms with Crippen molar-refractivity contribution in [3.8, 4) is 0 Å². The zero-order chi connectivity index (χ0) is 33.6. The second kappa shape index (κ2) is 17.1. The number of non-ortho nitro benzene ring substituents is 1. The van der Waals surface area contributed by atoms with Crippen LogP contribution in [-0.4, -0.2) is 41.0 Å². The number of thioether (sulfide) groups is 1. The summed E-state index contributed by atoms with van der Waals surface area (Å²) in [7, 11) is 0. The van der Waals surface area contributed by atoms with Gasteiger partial charge in [0, 0.05) is 34.0 Å². The Morgan fingerprint density at radius 2 is 1.45 bits per heavy atom. The molecule has 0 bridgehead atoms. The van der Waals surface area contributed by atoms with Crippen molar-refractivity contribution in [3.05, 3.63) is 136 Å². The van der Waals surface area contributed by atoms with Crippen LogP contribution in [0.2, 0.25) is 0 Å². The molecule has 0 saturated carbocycles. The molecule has 0 aromatic heterocycles. The van der Waals surface area contributed by atoms with E-state index in [1.54, 1.807) is 78.9 Å². The number of nitro benzene ring substituents is 1. The molecule has 47 heavy (non-hydrogen) atoms. The van der Waals surface area contributed by atoms with E-state index in [4.69, 9.17) is 4.74 Å². The fraction of sp³-hybridized carbons (Fsp3) is 0.143. The Bertz CT molecular complexity index is 1740. The molecule has 4 aromatic carbocycles. The third-order valence-corrected chi connectivity index (χ3v) is 7.57. The molecule has 0 unspecified atom stereocenters. The molecular formula is C35H32N4O7S. The number of nitro groups is 1. The van der Waals surface area contributed by atoms with E-state index >= 15 is 0 Å². The SMILES string of the molecule is CCCCOC(=O)c1ccc(NC(=O)CSc2ccc(NC(=O)/C(=C/c3ccc([N+](=O)[O-])cc3)NC(=O)c3ccccc3)cc2)cc1. The van der Waals surface area contributed by atoms with Gasteiger partial charge in [-0.1, -0.05) is 31.5 Å². The Labute approximate surface area is 275 Å². The highest BCUT2D eigenvalue weighted by Gasteiger charge is 2.16. The average molecular weight is 653 g/mol. The van der Waals surface area contributed by atoms with Gasteiger partial charge in [-0.15, -0.1) is 11.8 Å². The van der Waals surface area contributed by atoms with Crippen LogP contribution >= 0.6 is 11.8 Å². The molecule has 11 nitrogen and oxygen atoms in total. The summed E-state index contributed by atoms with van der Waals surface area (Å²) in [6.45, 7) is 2.38. The normalized spacial score (nSPS) is 10.9. The van der Waals surface area contributed by atoms with Crippen LogP contribution in [0.4, 0.5) is 17.1 Å². The maximum absolute atomic E-state index is 13.3. The van der Waals surface area contributed by atoms with Crippen LogP contribution in [0.1, 0.15) is 46.0 Å². The monoisotopic (exact) mass is 652 g/mol. The number of ether oxygens (including phenoxy) is 1. The predicted octanol–water partition coefficient (Wildman–Crippen LogP) is 6.69. The number of hydrogen-bond acceptors (Lipinski definition) is 8. The van der Waals surface area contributed by atoms with Gasteiger partial charge in [0.1, 0.15) is 5.70 Å². The van der Waals surface area contributed by atoms with E-state index in [1.165, 1.54) is 42.1 Å². The molecule has 0 spiro atoms. The van der Waals surface area contributed by atoms with Crippen molar-refractivity contribution in [3.63, 3.8) is 0 Å². The van der Waals surface area contributed by atoms with Gasteiger partial charge in [-0.25, -0.2) is 4.79 Å². The minimum Gasteiger partial charge on any atom is -0.462 e. The molecule has 240 valence electrons. The third kappa shape index (κ3) is 10.7. The van der Waals surface area contributed by atoms with Crippen molar-refractivity contribution in [1.82, 2.24) is 5.32 Å². The number of hydrogen-bond donors (Lipinski definition) is 3. The summed E-state index contributed by atoms with van der Waals surface area (Å²) in [4.78, 5) is 61.9. The molecule has 0 aliphatic carbocycles. The Balaban J connectivity index is 1.34. The first-order chi connectivity index (χ1) is 22.7. The summed E-state index contributed by atoms with van der Waals surface area (Å²) in [5.74, 6) is -1.62. The van der Waals surface area contributed by atoms with Crippen molar-refractivity contribution < 1.29 is 28.8 Å². The lowest BCUT2D eigenvalue weighted by Gasteiger charge is -2.12. The van der Waals surface area contributed by atoms with E-state index in [0.717, 1.165) is 17.7 Å². The molecule has 0 aliphatic heterocycles. The first-order valence-electron chi connectivity index (χ1n) is 14.7. The summed E-state index contributed by atoms with van der Waals surface area (Å²) in [6, 6.07) is 27.2. The molecule has 0 saturated heterocycles. The molecule has 0 heterocycles. The molecule has 4 rings (SSSR count). The van der Waals surface area contributed by atoms with E-state index < -0.39 is 22.7 Å². The Morgan fingerprint density at radius 1 is 0.809 bits per heavy atom. The lowest BCUT2D eigenvalue weighted by molar-refractivity contribution is -0.384. The van der Waals surface area contributed by atoms with E-state index in [0.29, 0.717) is 34.7 Å². The maximum Gasteiger partial charge on any atom is 0.338 e. The summed E-state index contributed by atoms with van der Waals surface area (Å²) >= 11 is 1.30. The first kappa shape index (κ1) is 34.1. The second-order valence-corrected chi connectivity index (χ2v) is 11.2. The lowest BCUT2D eigenvalue weighted by Crippen LogP contribution is -2.30. The van der Waals surface area contributed by atoms with E-state index in [2.05, 4.69) is 16.0 Å². The van der Waals surface area contributed by atoms with Gasteiger partial charge in [0.2, 0.25) is 5.91 Å². The number of unbranched alkanes of at least 4 members (excludes halogenated alkanes) is 1. The molecule has 0 radical (unpaired) electrons. The highest BCUT2D eigenvalue weighted by Crippen LogP contribution is 2.22. The largest absolute Gasteiger partial charge is 0.462 e. The fourth-order valence-electron chi connectivity index (χ4n) is 4.06. The number of anilines is 2. The van der Waals surface area contributed by atoms with Crippen LogP contribution in [0.15, 0.2) is 114 Å². The Kier molecular flexibility index (Phi) is 12.4. The Morgan fingerprint density at radius 3 is 2.09 bits per heavy atom. The summed E-state index contributed by atoms with van der Waals surface area (Å²) in [5.41, 5.74) is 2.06. The van der Waals surface area contributed by atoms with Crippen molar-refractivity contribution in [1.29, 1.82) is 0 Å². The number of benzene rings is 4. The standard InChI is InChI=1S/C35H32N4O7S/c1-2-3-21-46-35(43)26-11-13-27(14-12-26)36-32(40)23-47-30-19-15-28(16-20-30)37-34(42)31(38-33(41)25-7-5-4-6-8-25)22-24-9-17-29(18-10-24)39(44)45/h4-20,22H,2-3,21,23H2,1H3,(H,36,40)(H,37,42)(H,38,41)/b31-22-. The van der Waals surface area contributed by atoms with Crippen molar-refractivity contribution in [2.24, 2.45) is 0 Å². The molecule has 0 fully saturated rings. The zero-order valence-corrected chi connectivity index (χ0v) is 26.3. The van der Waals surface area contributed by atoms with Gasteiger partial charge in [0.25, 0.3) is 17.5 Å². The molecule has 3 amide bonds. The summed E-state index contributed by atoms with van der Waals surface area (Å²) < 4.78 is 5.19. The number of esters is 1. The average Bonchev–Trinajstić information content (AvgIpc) is 3.08. The van der Waals surface area contributed by atoms with Crippen LogP contribution < -0.4 is 16.0 Å². The zero-order valence-electron chi connectivity index (χ0n) is 25.4. The molecule has 3 N–H and O–H groups in total. The number of amides is 3. The fourth-order valence-corrected chi connectivity index (χ4v) is 4.76. The molecule has 0 atom stereocenters. The smallest absolute Gasteiger partial charge is 0.338 e. The number of nitrogens with one attached hydrogen (secondary N) is 3. The number of rotatable bonds is 14. The Hall–Kier alpha value is -5.75. The van der Waals surface area contributed by atoms with Crippen LogP contribution in [0.3, 0.4) is 0 Å². The molecule has 12 heteroatoms. The van der Waals surface area contributed by atoms with Gasteiger partial charge < -0.3 is 20.7 Å². The molecular weight excluding hydrogens is 620 g/mol. The maximum atomic E-state index is 13.3. The first-order valence-corrected chi connectivity index (χ1v) is 15.6. The van der Waals surface area contributed by atoms with Gasteiger partial charge in [0.15, 0.2) is 0 Å². The van der Waals surface area contributed by atoms with Gasteiger partial charge in [0.05, 0.1) is 22.8 Å². The molecule has 0 aliphatic rings. The van der Waals surface area contributed by atoms with Gasteiger partial charge >= 0.3 is 5.97 Å². The predicted molar refractivity (Wildman–Crippen MR) is 181 cm³/mol.